The van der Waals surface area contributed by atoms with Crippen LogP contribution >= 0.6 is 11.8 Å². The zero-order valence-electron chi connectivity index (χ0n) is 18.5. The van der Waals surface area contributed by atoms with Gasteiger partial charge < -0.3 is 4.90 Å². The number of aryl methyl sites for hydroxylation is 1. The Bertz CT molecular complexity index is 1280. The highest BCUT2D eigenvalue weighted by Crippen LogP contribution is 2.32. The van der Waals surface area contributed by atoms with Gasteiger partial charge in [-0.25, -0.2) is 18.7 Å². The van der Waals surface area contributed by atoms with Crippen LogP contribution in [0, 0.1) is 11.6 Å². The summed E-state index contributed by atoms with van der Waals surface area (Å²) in [6, 6.07) is 4.44. The minimum atomic E-state index is -0.485. The Morgan fingerprint density at radius 1 is 0.970 bits per heavy atom. The van der Waals surface area contributed by atoms with E-state index in [9.17, 15) is 8.78 Å². The minimum absolute atomic E-state index is 0.155. The second-order valence-electron chi connectivity index (χ2n) is 8.15. The Morgan fingerprint density at radius 3 is 2.42 bits per heavy atom. The predicted molar refractivity (Wildman–Crippen MR) is 127 cm³/mol. The molecule has 5 rings (SSSR count). The molecule has 1 aliphatic rings. The molecule has 33 heavy (non-hydrogen) atoms. The lowest BCUT2D eigenvalue weighted by Crippen LogP contribution is -2.36. The van der Waals surface area contributed by atoms with Crippen LogP contribution in [0.4, 0.5) is 14.7 Å². The van der Waals surface area contributed by atoms with Crippen molar-refractivity contribution in [3.8, 4) is 11.3 Å². The van der Waals surface area contributed by atoms with Crippen LogP contribution in [0.3, 0.4) is 0 Å². The van der Waals surface area contributed by atoms with E-state index in [1.54, 1.807) is 24.7 Å². The number of benzene rings is 1. The first-order chi connectivity index (χ1) is 16.1. The maximum absolute atomic E-state index is 14.6. The van der Waals surface area contributed by atoms with Crippen LogP contribution < -0.4 is 4.90 Å². The molecule has 0 radical (unpaired) electrons. The lowest BCUT2D eigenvalue weighted by atomic mass is 10.1. The highest BCUT2D eigenvalue weighted by atomic mass is 32.2. The van der Waals surface area contributed by atoms with Crippen molar-refractivity contribution in [2.45, 2.75) is 37.1 Å². The summed E-state index contributed by atoms with van der Waals surface area (Å²) in [6.07, 6.45) is 11.7. The lowest BCUT2D eigenvalue weighted by Gasteiger charge is -2.32. The Hall–Kier alpha value is -3.07. The van der Waals surface area contributed by atoms with Crippen LogP contribution in [0.2, 0.25) is 0 Å². The molecule has 0 saturated carbocycles. The number of anilines is 1. The molecule has 0 unspecified atom stereocenters. The fraction of sp³-hybridized carbons (Fsp3) is 0.333. The fourth-order valence-electron chi connectivity index (χ4n) is 4.27. The summed E-state index contributed by atoms with van der Waals surface area (Å²) in [4.78, 5) is 15.9. The van der Waals surface area contributed by atoms with Gasteiger partial charge in [0.1, 0.15) is 11.6 Å². The van der Waals surface area contributed by atoms with Crippen molar-refractivity contribution in [2.75, 3.05) is 24.2 Å². The summed E-state index contributed by atoms with van der Waals surface area (Å²) in [5, 5.41) is 5.45. The van der Waals surface area contributed by atoms with Gasteiger partial charge in [0.25, 0.3) is 0 Å². The molecule has 1 fully saturated rings. The van der Waals surface area contributed by atoms with Crippen molar-refractivity contribution < 1.29 is 8.78 Å². The SMILES string of the molecule is CCc1cnc(N2CCC(n3ncc4cc(-c5cc(F)c(SC)cc5F)ncc43)CC2)nc1. The van der Waals surface area contributed by atoms with Gasteiger partial charge in [-0.1, -0.05) is 6.92 Å². The van der Waals surface area contributed by atoms with Gasteiger partial charge in [-0.05, 0) is 49.3 Å². The number of thioether (sulfide) groups is 1. The molecule has 4 heterocycles. The van der Waals surface area contributed by atoms with E-state index in [0.29, 0.717) is 5.69 Å². The minimum Gasteiger partial charge on any atom is -0.341 e. The predicted octanol–water partition coefficient (Wildman–Crippen LogP) is 5.29. The number of nitrogens with zero attached hydrogens (tertiary/aromatic N) is 6. The molecule has 0 N–H and O–H groups in total. The Kier molecular flexibility index (Phi) is 5.97. The van der Waals surface area contributed by atoms with E-state index in [1.165, 1.54) is 23.9 Å². The molecule has 4 aromatic rings. The summed E-state index contributed by atoms with van der Waals surface area (Å²) in [6.45, 7) is 3.77. The van der Waals surface area contributed by atoms with Gasteiger partial charge in [0.05, 0.1) is 29.6 Å². The number of piperidine rings is 1. The summed E-state index contributed by atoms with van der Waals surface area (Å²) in [5.41, 5.74) is 2.57. The number of hydrogen-bond acceptors (Lipinski definition) is 6. The van der Waals surface area contributed by atoms with Crippen molar-refractivity contribution in [2.24, 2.45) is 0 Å². The van der Waals surface area contributed by atoms with Crippen LogP contribution in [0.15, 0.2) is 47.9 Å². The quantitative estimate of drug-likeness (QED) is 0.373. The van der Waals surface area contributed by atoms with Gasteiger partial charge in [-0.2, -0.15) is 5.10 Å². The average Bonchev–Trinajstić information content (AvgIpc) is 3.28. The van der Waals surface area contributed by atoms with Gasteiger partial charge in [0.15, 0.2) is 0 Å². The van der Waals surface area contributed by atoms with E-state index in [1.807, 2.05) is 17.1 Å². The van der Waals surface area contributed by atoms with Crippen molar-refractivity contribution in [1.29, 1.82) is 0 Å². The van der Waals surface area contributed by atoms with Crippen molar-refractivity contribution in [3.05, 3.63) is 60.2 Å². The molecule has 9 heteroatoms. The van der Waals surface area contributed by atoms with E-state index in [4.69, 9.17) is 0 Å². The fourth-order valence-corrected chi connectivity index (χ4v) is 4.74. The molecule has 0 aliphatic carbocycles. The monoisotopic (exact) mass is 466 g/mol. The summed E-state index contributed by atoms with van der Waals surface area (Å²) >= 11 is 1.18. The first kappa shape index (κ1) is 21.8. The molecule has 0 atom stereocenters. The van der Waals surface area contributed by atoms with E-state index >= 15 is 0 Å². The van der Waals surface area contributed by atoms with Crippen molar-refractivity contribution in [3.63, 3.8) is 0 Å². The number of halogens is 2. The van der Waals surface area contributed by atoms with Crippen LogP contribution in [0.25, 0.3) is 22.2 Å². The zero-order valence-corrected chi connectivity index (χ0v) is 19.3. The maximum Gasteiger partial charge on any atom is 0.225 e. The molecule has 0 amide bonds. The standard InChI is InChI=1S/C24H24F2N6S/c1-3-15-11-28-24(29-12-15)31-6-4-17(5-7-31)32-22-14-27-21(8-16(22)13-30-32)18-9-20(26)23(33-2)10-19(18)25/h8-14,17H,3-7H2,1-2H3. The molecule has 0 spiro atoms. The van der Waals surface area contributed by atoms with Crippen molar-refractivity contribution >= 4 is 28.6 Å². The van der Waals surface area contributed by atoms with Gasteiger partial charge in [-0.3, -0.25) is 9.67 Å². The molecule has 1 saturated heterocycles. The van der Waals surface area contributed by atoms with Crippen LogP contribution in [0.5, 0.6) is 0 Å². The van der Waals surface area contributed by atoms with Gasteiger partial charge in [0, 0.05) is 41.3 Å². The molecule has 0 bridgehead atoms. The Balaban J connectivity index is 1.35. The highest BCUT2D eigenvalue weighted by Gasteiger charge is 2.24. The normalized spacial score (nSPS) is 14.8. The third-order valence-electron chi connectivity index (χ3n) is 6.19. The molecule has 1 aliphatic heterocycles. The van der Waals surface area contributed by atoms with Crippen LogP contribution in [-0.4, -0.2) is 44.1 Å². The van der Waals surface area contributed by atoms with Crippen LogP contribution in [-0.2, 0) is 6.42 Å². The van der Waals surface area contributed by atoms with Gasteiger partial charge in [-0.15, -0.1) is 11.8 Å². The average molecular weight is 467 g/mol. The summed E-state index contributed by atoms with van der Waals surface area (Å²) < 4.78 is 30.8. The Morgan fingerprint density at radius 2 is 1.73 bits per heavy atom. The molecule has 1 aromatic carbocycles. The summed E-state index contributed by atoms with van der Waals surface area (Å²) in [5.74, 6) is -0.165. The first-order valence-corrected chi connectivity index (χ1v) is 12.2. The highest BCUT2D eigenvalue weighted by molar-refractivity contribution is 7.98. The number of pyridine rings is 1. The number of aromatic nitrogens is 5. The topological polar surface area (TPSA) is 59.7 Å². The smallest absolute Gasteiger partial charge is 0.225 e. The third-order valence-corrected chi connectivity index (χ3v) is 6.95. The third kappa shape index (κ3) is 4.17. The van der Waals surface area contributed by atoms with E-state index in [2.05, 4.69) is 31.9 Å². The maximum atomic E-state index is 14.6. The molecule has 170 valence electrons. The molecule has 3 aromatic heterocycles. The largest absolute Gasteiger partial charge is 0.341 e. The molecule has 6 nitrogen and oxygen atoms in total. The second-order valence-corrected chi connectivity index (χ2v) is 9.00. The first-order valence-electron chi connectivity index (χ1n) is 11.0. The van der Waals surface area contributed by atoms with E-state index in [0.717, 1.165) is 54.8 Å². The Labute approximate surface area is 195 Å². The second kappa shape index (κ2) is 9.05. The number of rotatable bonds is 5. The van der Waals surface area contributed by atoms with E-state index < -0.39 is 11.6 Å². The number of fused-ring (bicyclic) bond motifs is 1. The van der Waals surface area contributed by atoms with Gasteiger partial charge >= 0.3 is 0 Å². The molecular weight excluding hydrogens is 442 g/mol. The lowest BCUT2D eigenvalue weighted by molar-refractivity contribution is 0.373. The van der Waals surface area contributed by atoms with Crippen LogP contribution in [0.1, 0.15) is 31.4 Å². The van der Waals surface area contributed by atoms with E-state index in [-0.39, 0.29) is 16.5 Å². The molecular formula is C24H24F2N6S. The van der Waals surface area contributed by atoms with Gasteiger partial charge in [0.2, 0.25) is 5.95 Å². The number of hydrogen-bond donors (Lipinski definition) is 0. The zero-order chi connectivity index (χ0) is 22.9. The van der Waals surface area contributed by atoms with Crippen molar-refractivity contribution in [1.82, 2.24) is 24.7 Å². The summed E-state index contributed by atoms with van der Waals surface area (Å²) in [7, 11) is 0.